The van der Waals surface area contributed by atoms with E-state index in [1.165, 1.54) is 0 Å². The van der Waals surface area contributed by atoms with Gasteiger partial charge in [0.05, 0.1) is 11.3 Å². The van der Waals surface area contributed by atoms with Crippen molar-refractivity contribution in [2.75, 3.05) is 17.2 Å². The van der Waals surface area contributed by atoms with Crippen LogP contribution in [0.15, 0.2) is 34.9 Å². The van der Waals surface area contributed by atoms with E-state index in [0.29, 0.717) is 5.56 Å². The van der Waals surface area contributed by atoms with E-state index in [0.717, 1.165) is 33.6 Å². The maximum absolute atomic E-state index is 12.3. The van der Waals surface area contributed by atoms with Crippen molar-refractivity contribution in [3.63, 3.8) is 0 Å². The summed E-state index contributed by atoms with van der Waals surface area (Å²) in [4.78, 5) is 16.5. The Morgan fingerprint density at radius 1 is 1.29 bits per heavy atom. The third kappa shape index (κ3) is 3.82. The van der Waals surface area contributed by atoms with Gasteiger partial charge in [0.2, 0.25) is 0 Å². The zero-order chi connectivity index (χ0) is 15.4. The number of aromatic nitrogens is 1. The van der Waals surface area contributed by atoms with Crippen LogP contribution in [0.25, 0.3) is 0 Å². The van der Waals surface area contributed by atoms with E-state index >= 15 is 0 Å². The van der Waals surface area contributed by atoms with Crippen molar-refractivity contribution in [2.24, 2.45) is 0 Å². The minimum atomic E-state index is -0.168. The second-order valence-corrected chi connectivity index (χ2v) is 5.71. The minimum absolute atomic E-state index is 0.168. The van der Waals surface area contributed by atoms with Crippen molar-refractivity contribution in [3.05, 3.63) is 51.6 Å². The van der Waals surface area contributed by atoms with E-state index in [4.69, 9.17) is 0 Å². The molecule has 0 bridgehead atoms. The molecule has 5 heteroatoms. The summed E-state index contributed by atoms with van der Waals surface area (Å²) in [6.45, 7) is 6.79. The Hall–Kier alpha value is -1.88. The first-order valence-electron chi connectivity index (χ1n) is 6.79. The van der Waals surface area contributed by atoms with E-state index in [1.807, 2.05) is 32.9 Å². The Labute approximate surface area is 133 Å². The topological polar surface area (TPSA) is 54.0 Å². The number of nitrogens with zero attached hydrogens (tertiary/aromatic N) is 1. The standard InChI is InChI=1S/C16H18BrN3O/c1-4-18-14-6-5-12(9-19-14)16(21)20-15-11(3)7-10(2)8-13(15)17/h5-9H,4H2,1-3H3,(H,18,19)(H,20,21). The van der Waals surface area contributed by atoms with Crippen LogP contribution in [-0.2, 0) is 0 Å². The predicted octanol–water partition coefficient (Wildman–Crippen LogP) is 4.15. The molecular weight excluding hydrogens is 330 g/mol. The van der Waals surface area contributed by atoms with Gasteiger partial charge < -0.3 is 10.6 Å². The van der Waals surface area contributed by atoms with Crippen LogP contribution in [0.2, 0.25) is 0 Å². The normalized spacial score (nSPS) is 10.3. The molecule has 0 radical (unpaired) electrons. The molecule has 1 aromatic carbocycles. The van der Waals surface area contributed by atoms with Crippen LogP contribution in [0.4, 0.5) is 11.5 Å². The van der Waals surface area contributed by atoms with Gasteiger partial charge in [0.15, 0.2) is 0 Å². The third-order valence-corrected chi connectivity index (χ3v) is 3.68. The highest BCUT2D eigenvalue weighted by molar-refractivity contribution is 9.10. The highest BCUT2D eigenvalue weighted by Gasteiger charge is 2.11. The summed E-state index contributed by atoms with van der Waals surface area (Å²) in [5.74, 6) is 0.597. The zero-order valence-corrected chi connectivity index (χ0v) is 13.9. The fourth-order valence-electron chi connectivity index (χ4n) is 2.07. The lowest BCUT2D eigenvalue weighted by molar-refractivity contribution is 0.102. The average Bonchev–Trinajstić information content (AvgIpc) is 2.43. The fourth-order valence-corrected chi connectivity index (χ4v) is 2.85. The second kappa shape index (κ2) is 6.72. The number of amides is 1. The van der Waals surface area contributed by atoms with Gasteiger partial charge in [-0.05, 0) is 66.0 Å². The molecule has 0 fully saturated rings. The monoisotopic (exact) mass is 347 g/mol. The molecule has 2 aromatic rings. The lowest BCUT2D eigenvalue weighted by Crippen LogP contribution is -2.14. The number of hydrogen-bond donors (Lipinski definition) is 2. The molecule has 2 rings (SSSR count). The van der Waals surface area contributed by atoms with E-state index < -0.39 is 0 Å². The Kier molecular flexibility index (Phi) is 4.96. The maximum atomic E-state index is 12.3. The lowest BCUT2D eigenvalue weighted by Gasteiger charge is -2.12. The SMILES string of the molecule is CCNc1ccc(C(=O)Nc2c(C)cc(C)cc2Br)cn1. The van der Waals surface area contributed by atoms with Crippen LogP contribution in [0.5, 0.6) is 0 Å². The van der Waals surface area contributed by atoms with Gasteiger partial charge in [0, 0.05) is 17.2 Å². The largest absolute Gasteiger partial charge is 0.370 e. The van der Waals surface area contributed by atoms with Gasteiger partial charge in [-0.1, -0.05) is 6.07 Å². The molecule has 4 nitrogen and oxygen atoms in total. The van der Waals surface area contributed by atoms with Crippen LogP contribution in [0.3, 0.4) is 0 Å². The van der Waals surface area contributed by atoms with Gasteiger partial charge in [0.25, 0.3) is 5.91 Å². The Morgan fingerprint density at radius 3 is 2.62 bits per heavy atom. The summed E-state index contributed by atoms with van der Waals surface area (Å²) in [6, 6.07) is 7.58. The van der Waals surface area contributed by atoms with Crippen molar-refractivity contribution in [2.45, 2.75) is 20.8 Å². The van der Waals surface area contributed by atoms with Crippen LogP contribution in [0, 0.1) is 13.8 Å². The van der Waals surface area contributed by atoms with Gasteiger partial charge in [-0.15, -0.1) is 0 Å². The molecule has 1 aromatic heterocycles. The first-order valence-corrected chi connectivity index (χ1v) is 7.58. The highest BCUT2D eigenvalue weighted by Crippen LogP contribution is 2.28. The van der Waals surface area contributed by atoms with Gasteiger partial charge in [-0.3, -0.25) is 4.79 Å². The van der Waals surface area contributed by atoms with E-state index in [9.17, 15) is 4.79 Å². The zero-order valence-electron chi connectivity index (χ0n) is 12.3. The molecule has 0 aliphatic rings. The average molecular weight is 348 g/mol. The Bertz CT molecular complexity index is 630. The molecule has 0 unspecified atom stereocenters. The number of benzene rings is 1. The van der Waals surface area contributed by atoms with E-state index in [-0.39, 0.29) is 5.91 Å². The summed E-state index contributed by atoms with van der Waals surface area (Å²) in [7, 11) is 0. The quantitative estimate of drug-likeness (QED) is 0.873. The van der Waals surface area contributed by atoms with Crippen molar-refractivity contribution in [1.29, 1.82) is 0 Å². The second-order valence-electron chi connectivity index (χ2n) is 4.86. The maximum Gasteiger partial charge on any atom is 0.257 e. The number of carbonyl (C=O) groups excluding carboxylic acids is 1. The number of carbonyl (C=O) groups is 1. The summed E-state index contributed by atoms with van der Waals surface area (Å²) in [5.41, 5.74) is 3.49. The molecule has 0 saturated heterocycles. The Balaban J connectivity index is 2.18. The number of anilines is 2. The molecule has 0 aliphatic carbocycles. The number of aryl methyl sites for hydroxylation is 2. The van der Waals surface area contributed by atoms with Crippen LogP contribution in [0.1, 0.15) is 28.4 Å². The molecule has 0 atom stereocenters. The van der Waals surface area contributed by atoms with Crippen molar-refractivity contribution < 1.29 is 4.79 Å². The van der Waals surface area contributed by atoms with Crippen LogP contribution < -0.4 is 10.6 Å². The Morgan fingerprint density at radius 2 is 2.05 bits per heavy atom. The molecule has 0 spiro atoms. The van der Waals surface area contributed by atoms with Gasteiger partial charge in [0.1, 0.15) is 5.82 Å². The summed E-state index contributed by atoms with van der Waals surface area (Å²) in [6.07, 6.45) is 1.57. The van der Waals surface area contributed by atoms with Gasteiger partial charge in [-0.25, -0.2) is 4.98 Å². The minimum Gasteiger partial charge on any atom is -0.370 e. The third-order valence-electron chi connectivity index (χ3n) is 3.05. The van der Waals surface area contributed by atoms with Gasteiger partial charge >= 0.3 is 0 Å². The van der Waals surface area contributed by atoms with Crippen molar-refractivity contribution in [1.82, 2.24) is 4.98 Å². The van der Waals surface area contributed by atoms with Gasteiger partial charge in [-0.2, -0.15) is 0 Å². The summed E-state index contributed by atoms with van der Waals surface area (Å²) >= 11 is 3.49. The number of rotatable bonds is 4. The number of halogens is 1. The first kappa shape index (κ1) is 15.5. The summed E-state index contributed by atoms with van der Waals surface area (Å²) < 4.78 is 0.880. The molecule has 0 aliphatic heterocycles. The molecule has 0 saturated carbocycles. The molecular formula is C16H18BrN3O. The molecule has 1 heterocycles. The highest BCUT2D eigenvalue weighted by atomic mass is 79.9. The van der Waals surface area contributed by atoms with E-state index in [2.05, 4.69) is 31.5 Å². The number of nitrogens with one attached hydrogen (secondary N) is 2. The lowest BCUT2D eigenvalue weighted by atomic mass is 10.1. The van der Waals surface area contributed by atoms with Crippen molar-refractivity contribution >= 4 is 33.3 Å². The first-order chi connectivity index (χ1) is 10.0. The molecule has 21 heavy (non-hydrogen) atoms. The molecule has 110 valence electrons. The smallest absolute Gasteiger partial charge is 0.257 e. The van der Waals surface area contributed by atoms with Crippen LogP contribution >= 0.6 is 15.9 Å². The number of hydrogen-bond acceptors (Lipinski definition) is 3. The number of pyridine rings is 1. The predicted molar refractivity (Wildman–Crippen MR) is 90.0 cm³/mol. The summed E-state index contributed by atoms with van der Waals surface area (Å²) in [5, 5.41) is 6.02. The van der Waals surface area contributed by atoms with E-state index in [1.54, 1.807) is 18.3 Å². The van der Waals surface area contributed by atoms with Crippen LogP contribution in [-0.4, -0.2) is 17.4 Å². The van der Waals surface area contributed by atoms with Crippen molar-refractivity contribution in [3.8, 4) is 0 Å². The molecule has 2 N–H and O–H groups in total. The molecule has 1 amide bonds. The fraction of sp³-hybridized carbons (Fsp3) is 0.250.